The molecular weight excluding hydrogens is 538 g/mol. The van der Waals surface area contributed by atoms with Gasteiger partial charge < -0.3 is 19.4 Å². The van der Waals surface area contributed by atoms with E-state index in [9.17, 15) is 9.90 Å². The second-order valence-corrected chi connectivity index (χ2v) is 18.7. The van der Waals surface area contributed by atoms with Crippen LogP contribution in [0.4, 0.5) is 5.82 Å². The summed E-state index contributed by atoms with van der Waals surface area (Å²) >= 11 is 0. The summed E-state index contributed by atoms with van der Waals surface area (Å²) in [5, 5.41) is 19.1. The highest BCUT2D eigenvalue weighted by Crippen LogP contribution is 2.38. The van der Waals surface area contributed by atoms with Gasteiger partial charge in [-0.15, -0.1) is 0 Å². The van der Waals surface area contributed by atoms with Gasteiger partial charge in [0.2, 0.25) is 11.6 Å². The van der Waals surface area contributed by atoms with Gasteiger partial charge in [-0.3, -0.25) is 9.51 Å². The Balaban J connectivity index is 1.58. The van der Waals surface area contributed by atoms with Gasteiger partial charge in [0, 0.05) is 12.6 Å². The van der Waals surface area contributed by atoms with Crippen molar-refractivity contribution in [2.45, 2.75) is 116 Å². The van der Waals surface area contributed by atoms with Crippen molar-refractivity contribution in [3.63, 3.8) is 0 Å². The maximum Gasteiger partial charge on any atom is 0.439 e. The summed E-state index contributed by atoms with van der Waals surface area (Å²) in [7, 11) is -2.09. The number of aliphatic hydroxyl groups excluding tert-OH is 1. The molecule has 3 aromatic heterocycles. The number of H-pyrrole nitrogens is 1. The topological polar surface area (TPSA) is 144 Å². The molecule has 226 valence electrons. The smallest absolute Gasteiger partial charge is 0.414 e. The van der Waals surface area contributed by atoms with E-state index >= 15 is 0 Å². The van der Waals surface area contributed by atoms with E-state index in [4.69, 9.17) is 23.9 Å². The van der Waals surface area contributed by atoms with Gasteiger partial charge in [-0.2, -0.15) is 0 Å². The van der Waals surface area contributed by atoms with Crippen molar-refractivity contribution in [1.82, 2.24) is 29.7 Å². The summed E-state index contributed by atoms with van der Waals surface area (Å²) < 4.78 is 13.3. The Bertz CT molecular complexity index is 1400. The molecule has 1 unspecified atom stereocenters. The lowest BCUT2D eigenvalue weighted by molar-refractivity contribution is 0.0893. The van der Waals surface area contributed by atoms with E-state index < -0.39 is 20.2 Å². The minimum Gasteiger partial charge on any atom is -0.414 e. The molecule has 0 saturated heterocycles. The van der Waals surface area contributed by atoms with Crippen LogP contribution in [0.3, 0.4) is 0 Å². The van der Waals surface area contributed by atoms with Crippen LogP contribution in [-0.4, -0.2) is 55.7 Å². The third-order valence-electron chi connectivity index (χ3n) is 9.79. The summed E-state index contributed by atoms with van der Waals surface area (Å²) in [6.45, 7) is 16.3. The predicted octanol–water partition coefficient (Wildman–Crippen LogP) is 5.65. The molecule has 5 rings (SSSR count). The number of aromatic amines is 1. The molecule has 2 aliphatic carbocycles. The van der Waals surface area contributed by atoms with Crippen molar-refractivity contribution in [3.8, 4) is 11.6 Å². The first kappa shape index (κ1) is 29.9. The van der Waals surface area contributed by atoms with Gasteiger partial charge in [-0.25, -0.2) is 19.7 Å². The van der Waals surface area contributed by atoms with Gasteiger partial charge in [-0.05, 0) is 68.5 Å². The third-order valence-corrected chi connectivity index (χ3v) is 14.3. The van der Waals surface area contributed by atoms with Crippen LogP contribution in [-0.2, 0) is 11.0 Å². The monoisotopic (exact) mass is 585 g/mol. The van der Waals surface area contributed by atoms with Gasteiger partial charge in [0.05, 0.1) is 6.61 Å². The Hall–Kier alpha value is -2.57. The van der Waals surface area contributed by atoms with Crippen LogP contribution in [0.1, 0.15) is 91.5 Å². The van der Waals surface area contributed by atoms with E-state index in [2.05, 4.69) is 67.7 Å². The van der Waals surface area contributed by atoms with Crippen LogP contribution in [0, 0.1) is 17.8 Å². The minimum absolute atomic E-state index is 0.0231. The lowest BCUT2D eigenvalue weighted by Crippen LogP contribution is -2.41. The maximum absolute atomic E-state index is 11.7. The number of hydrogen-bond acceptors (Lipinski definition) is 9. The molecule has 3 aromatic rings. The fourth-order valence-electron chi connectivity index (χ4n) is 5.65. The molecule has 0 amide bonds. The highest BCUT2D eigenvalue weighted by Gasteiger charge is 2.38. The van der Waals surface area contributed by atoms with E-state index in [1.807, 2.05) is 0 Å². The molecule has 41 heavy (non-hydrogen) atoms. The van der Waals surface area contributed by atoms with Crippen molar-refractivity contribution < 1.29 is 14.1 Å². The molecule has 2 atom stereocenters. The summed E-state index contributed by atoms with van der Waals surface area (Å²) in [4.78, 5) is 28.7. The molecule has 3 heterocycles. The number of fused-ring (bicyclic) bond motifs is 1. The Labute approximate surface area is 243 Å². The van der Waals surface area contributed by atoms with E-state index in [1.165, 1.54) is 32.1 Å². The number of imidazole rings is 1. The van der Waals surface area contributed by atoms with Crippen molar-refractivity contribution in [2.24, 2.45) is 17.8 Å². The maximum atomic E-state index is 11.7. The SMILES string of the molecule is CC1CCC(Cn2c(C(O)CO[Si](C)(C)C(C)(C)C)nc3nc(-c4noc(=O)[nH]4)nc(N[C@H](C)C4CCC4)c32)CC1. The molecule has 0 aliphatic heterocycles. The Morgan fingerprint density at radius 1 is 1.15 bits per heavy atom. The second kappa shape index (κ2) is 11.6. The summed E-state index contributed by atoms with van der Waals surface area (Å²) in [5.74, 6) is 2.65. The molecular formula is C29H47N7O4Si. The van der Waals surface area contributed by atoms with Crippen molar-refractivity contribution in [2.75, 3.05) is 11.9 Å². The molecule has 12 heteroatoms. The first-order valence-electron chi connectivity index (χ1n) is 15.3. The number of anilines is 1. The largest absolute Gasteiger partial charge is 0.439 e. The number of aromatic nitrogens is 6. The van der Waals surface area contributed by atoms with Crippen LogP contribution >= 0.6 is 0 Å². The zero-order valence-corrected chi connectivity index (χ0v) is 26.7. The van der Waals surface area contributed by atoms with Crippen LogP contribution in [0.5, 0.6) is 0 Å². The van der Waals surface area contributed by atoms with Gasteiger partial charge in [0.1, 0.15) is 17.4 Å². The first-order chi connectivity index (χ1) is 19.3. The minimum atomic E-state index is -2.09. The highest BCUT2D eigenvalue weighted by atomic mass is 28.4. The lowest BCUT2D eigenvalue weighted by Gasteiger charge is -2.36. The van der Waals surface area contributed by atoms with E-state index in [0.29, 0.717) is 29.1 Å². The average Bonchev–Trinajstić information content (AvgIpc) is 3.46. The van der Waals surface area contributed by atoms with Crippen LogP contribution in [0.15, 0.2) is 9.32 Å². The fraction of sp³-hybridized carbons (Fsp3) is 0.759. The van der Waals surface area contributed by atoms with Crippen molar-refractivity contribution in [3.05, 3.63) is 16.4 Å². The highest BCUT2D eigenvalue weighted by molar-refractivity contribution is 6.74. The summed E-state index contributed by atoms with van der Waals surface area (Å²) in [5.41, 5.74) is 1.22. The first-order valence-corrected chi connectivity index (χ1v) is 18.2. The number of aliphatic hydroxyl groups is 1. The molecule has 0 bridgehead atoms. The molecule has 3 N–H and O–H groups in total. The molecule has 2 saturated carbocycles. The number of nitrogens with one attached hydrogen (secondary N) is 2. The predicted molar refractivity (Wildman–Crippen MR) is 161 cm³/mol. The lowest BCUT2D eigenvalue weighted by atomic mass is 9.80. The Morgan fingerprint density at radius 3 is 2.44 bits per heavy atom. The Morgan fingerprint density at radius 2 is 1.85 bits per heavy atom. The van der Waals surface area contributed by atoms with Gasteiger partial charge in [-0.1, -0.05) is 52.1 Å². The summed E-state index contributed by atoms with van der Waals surface area (Å²) in [6, 6.07) is 0.195. The number of hydrogen-bond donors (Lipinski definition) is 3. The Kier molecular flexibility index (Phi) is 8.46. The van der Waals surface area contributed by atoms with Crippen molar-refractivity contribution >= 4 is 25.3 Å². The standard InChI is InChI=1S/C29H47N7O4Si/c1-17-11-13-19(14-12-17)15-36-22-23(30-18(2)20-9-8-10-20)31-25(26-34-28(38)40-35-26)32-24(22)33-27(36)21(37)16-39-41(6,7)29(3,4)5/h17-21,37H,8-16H2,1-7H3,(H,30,31,32)(H,34,35,38)/t17?,18-,19?,21?/m1/s1. The van der Waals surface area contributed by atoms with Crippen LogP contribution in [0.2, 0.25) is 18.1 Å². The number of rotatable bonds is 10. The zero-order valence-electron chi connectivity index (χ0n) is 25.7. The normalized spacial score (nSPS) is 22.0. The van der Waals surface area contributed by atoms with Gasteiger partial charge >= 0.3 is 5.76 Å². The van der Waals surface area contributed by atoms with Gasteiger partial charge in [0.25, 0.3) is 0 Å². The van der Waals surface area contributed by atoms with E-state index in [-0.39, 0.29) is 29.3 Å². The zero-order chi connectivity index (χ0) is 29.5. The van der Waals surface area contributed by atoms with Crippen LogP contribution < -0.4 is 11.1 Å². The van der Waals surface area contributed by atoms with Crippen molar-refractivity contribution in [1.29, 1.82) is 0 Å². The molecule has 11 nitrogen and oxygen atoms in total. The number of nitrogens with zero attached hydrogens (tertiary/aromatic N) is 5. The van der Waals surface area contributed by atoms with E-state index in [0.717, 1.165) is 30.8 Å². The quantitative estimate of drug-likeness (QED) is 0.257. The molecule has 2 aliphatic rings. The summed E-state index contributed by atoms with van der Waals surface area (Å²) in [6.07, 6.45) is 7.35. The molecule has 0 radical (unpaired) electrons. The van der Waals surface area contributed by atoms with Gasteiger partial charge in [0.15, 0.2) is 19.8 Å². The molecule has 0 aromatic carbocycles. The molecule has 2 fully saturated rings. The fourth-order valence-corrected chi connectivity index (χ4v) is 6.65. The second-order valence-electron chi connectivity index (χ2n) is 13.9. The third kappa shape index (κ3) is 6.44. The molecule has 0 spiro atoms. The average molecular weight is 586 g/mol. The van der Waals surface area contributed by atoms with E-state index in [1.54, 1.807) is 0 Å². The van der Waals surface area contributed by atoms with Crippen LogP contribution in [0.25, 0.3) is 22.8 Å².